The van der Waals surface area contributed by atoms with E-state index in [9.17, 15) is 0 Å². The van der Waals surface area contributed by atoms with E-state index in [4.69, 9.17) is 0 Å². The van der Waals surface area contributed by atoms with Crippen molar-refractivity contribution in [3.05, 3.63) is 6.42 Å². The van der Waals surface area contributed by atoms with Gasteiger partial charge in [0, 0.05) is 0 Å². The lowest BCUT2D eigenvalue weighted by Gasteiger charge is -2.04. The van der Waals surface area contributed by atoms with E-state index >= 15 is 0 Å². The maximum atomic E-state index is 2.54. The molecule has 0 spiro atoms. The minimum atomic E-state index is 0.691. The van der Waals surface area contributed by atoms with E-state index in [1.807, 2.05) is 0 Å². The van der Waals surface area contributed by atoms with Crippen molar-refractivity contribution in [2.45, 2.75) is 33.1 Å². The third-order valence-corrected chi connectivity index (χ3v) is 3.28. The minimum absolute atomic E-state index is 0.691. The molecular weight excluding hydrogens is 108 g/mol. The molecule has 0 amide bonds. The first-order valence-electron chi connectivity index (χ1n) is 4.06. The normalized spacial score (nSPS) is 46.0. The van der Waals surface area contributed by atoms with Crippen molar-refractivity contribution < 1.29 is 0 Å². The standard InChI is InChI=1S/C9H15/c1-9(2)7-5-3-4-6-8(7)9/h5,7-8H,3-4,6H2,1-2H3. The third kappa shape index (κ3) is 0.653. The smallest absolute Gasteiger partial charge is 0.0289 e. The first kappa shape index (κ1) is 5.76. The van der Waals surface area contributed by atoms with Crippen LogP contribution in [0.15, 0.2) is 0 Å². The second kappa shape index (κ2) is 1.53. The Balaban J connectivity index is 2.06. The largest absolute Gasteiger partial charge is 0.0593 e. The van der Waals surface area contributed by atoms with Gasteiger partial charge in [-0.05, 0) is 36.5 Å². The number of hydrogen-bond donors (Lipinski definition) is 0. The van der Waals surface area contributed by atoms with Gasteiger partial charge in [-0.1, -0.05) is 20.3 Å². The lowest BCUT2D eigenvalue weighted by molar-refractivity contribution is 0.522. The molecule has 0 aromatic carbocycles. The van der Waals surface area contributed by atoms with E-state index < -0.39 is 0 Å². The molecule has 2 fully saturated rings. The molecule has 0 heterocycles. The monoisotopic (exact) mass is 123 g/mol. The van der Waals surface area contributed by atoms with Crippen molar-refractivity contribution in [2.75, 3.05) is 0 Å². The predicted molar refractivity (Wildman–Crippen MR) is 38.9 cm³/mol. The molecule has 0 bridgehead atoms. The Bertz CT molecular complexity index is 110. The van der Waals surface area contributed by atoms with Gasteiger partial charge < -0.3 is 0 Å². The van der Waals surface area contributed by atoms with E-state index in [0.717, 1.165) is 11.8 Å². The molecule has 2 aliphatic rings. The van der Waals surface area contributed by atoms with Gasteiger partial charge in [0.25, 0.3) is 0 Å². The Morgan fingerprint density at radius 2 is 2.22 bits per heavy atom. The highest BCUT2D eigenvalue weighted by atomic mass is 14.6. The van der Waals surface area contributed by atoms with Gasteiger partial charge in [0.15, 0.2) is 0 Å². The molecule has 51 valence electrons. The maximum absolute atomic E-state index is 2.54. The highest BCUT2D eigenvalue weighted by Crippen LogP contribution is 2.64. The summed E-state index contributed by atoms with van der Waals surface area (Å²) in [5, 5.41) is 0. The first-order valence-corrected chi connectivity index (χ1v) is 4.06. The first-order chi connectivity index (χ1) is 4.23. The Morgan fingerprint density at radius 1 is 1.44 bits per heavy atom. The quantitative estimate of drug-likeness (QED) is 0.464. The van der Waals surface area contributed by atoms with Crippen LogP contribution in [0.2, 0.25) is 0 Å². The van der Waals surface area contributed by atoms with E-state index in [-0.39, 0.29) is 0 Å². The summed E-state index contributed by atoms with van der Waals surface area (Å²) in [5.41, 5.74) is 0.691. The van der Waals surface area contributed by atoms with Crippen LogP contribution in [-0.2, 0) is 0 Å². The van der Waals surface area contributed by atoms with Crippen molar-refractivity contribution in [1.82, 2.24) is 0 Å². The van der Waals surface area contributed by atoms with Gasteiger partial charge in [-0.25, -0.2) is 0 Å². The van der Waals surface area contributed by atoms with Crippen LogP contribution in [0.3, 0.4) is 0 Å². The van der Waals surface area contributed by atoms with Crippen LogP contribution in [-0.4, -0.2) is 0 Å². The second-order valence-electron chi connectivity index (χ2n) is 4.12. The Morgan fingerprint density at radius 3 is 2.67 bits per heavy atom. The molecule has 0 saturated heterocycles. The number of hydrogen-bond acceptors (Lipinski definition) is 0. The van der Waals surface area contributed by atoms with Gasteiger partial charge in [-0.3, -0.25) is 0 Å². The number of fused-ring (bicyclic) bond motifs is 1. The second-order valence-corrected chi connectivity index (χ2v) is 4.12. The summed E-state index contributed by atoms with van der Waals surface area (Å²) in [7, 11) is 0. The zero-order valence-electron chi connectivity index (χ0n) is 6.35. The molecule has 2 saturated carbocycles. The summed E-state index contributed by atoms with van der Waals surface area (Å²) >= 11 is 0. The van der Waals surface area contributed by atoms with Gasteiger partial charge in [-0.2, -0.15) is 0 Å². The molecule has 2 unspecified atom stereocenters. The van der Waals surface area contributed by atoms with Gasteiger partial charge in [0.05, 0.1) is 0 Å². The summed E-state index contributed by atoms with van der Waals surface area (Å²) in [4.78, 5) is 0. The number of rotatable bonds is 0. The molecule has 2 rings (SSSR count). The SMILES string of the molecule is CC1(C)C2[CH]CCCC21. The maximum Gasteiger partial charge on any atom is -0.0289 e. The molecule has 0 aromatic rings. The van der Waals surface area contributed by atoms with Crippen molar-refractivity contribution in [1.29, 1.82) is 0 Å². The Kier molecular flexibility index (Phi) is 0.980. The van der Waals surface area contributed by atoms with Crippen LogP contribution in [0.5, 0.6) is 0 Å². The average Bonchev–Trinajstić information content (AvgIpc) is 2.39. The van der Waals surface area contributed by atoms with E-state index in [1.165, 1.54) is 19.3 Å². The van der Waals surface area contributed by atoms with Crippen LogP contribution < -0.4 is 0 Å². The summed E-state index contributed by atoms with van der Waals surface area (Å²) in [6.45, 7) is 4.81. The van der Waals surface area contributed by atoms with Gasteiger partial charge in [-0.15, -0.1) is 0 Å². The Hall–Kier alpha value is 0. The lowest BCUT2D eigenvalue weighted by atomic mass is 10.0. The summed E-state index contributed by atoms with van der Waals surface area (Å²) in [6, 6.07) is 0. The molecule has 2 aliphatic carbocycles. The van der Waals surface area contributed by atoms with E-state index in [0.29, 0.717) is 5.41 Å². The van der Waals surface area contributed by atoms with Gasteiger partial charge in [0.2, 0.25) is 0 Å². The summed E-state index contributed by atoms with van der Waals surface area (Å²) in [5.74, 6) is 2.05. The molecule has 0 heteroatoms. The van der Waals surface area contributed by atoms with Crippen molar-refractivity contribution in [3.8, 4) is 0 Å². The van der Waals surface area contributed by atoms with Crippen molar-refractivity contribution in [3.63, 3.8) is 0 Å². The average molecular weight is 123 g/mol. The molecule has 0 aromatic heterocycles. The molecule has 0 nitrogen and oxygen atoms in total. The minimum Gasteiger partial charge on any atom is -0.0593 e. The molecule has 0 N–H and O–H groups in total. The fraction of sp³-hybridized carbons (Fsp3) is 0.889. The topological polar surface area (TPSA) is 0 Å². The molecule has 9 heavy (non-hydrogen) atoms. The molecule has 0 aliphatic heterocycles. The zero-order valence-corrected chi connectivity index (χ0v) is 6.35. The highest BCUT2D eigenvalue weighted by Gasteiger charge is 2.57. The molecule has 2 atom stereocenters. The third-order valence-electron chi connectivity index (χ3n) is 3.28. The zero-order chi connectivity index (χ0) is 6.48. The van der Waals surface area contributed by atoms with E-state index in [1.54, 1.807) is 0 Å². The van der Waals surface area contributed by atoms with Crippen LogP contribution in [0.25, 0.3) is 0 Å². The fourth-order valence-corrected chi connectivity index (χ4v) is 2.44. The lowest BCUT2D eigenvalue weighted by Crippen LogP contribution is -1.92. The molecule has 1 radical (unpaired) electrons. The van der Waals surface area contributed by atoms with Crippen molar-refractivity contribution >= 4 is 0 Å². The van der Waals surface area contributed by atoms with Gasteiger partial charge in [0.1, 0.15) is 0 Å². The molecular formula is C9H15. The highest BCUT2D eigenvalue weighted by molar-refractivity contribution is 5.12. The summed E-state index contributed by atoms with van der Waals surface area (Å²) in [6.07, 6.45) is 6.86. The van der Waals surface area contributed by atoms with Crippen molar-refractivity contribution in [2.24, 2.45) is 17.3 Å². The predicted octanol–water partition coefficient (Wildman–Crippen LogP) is 2.65. The van der Waals surface area contributed by atoms with Crippen LogP contribution in [0.1, 0.15) is 33.1 Å². The Labute approximate surface area is 57.6 Å². The fourth-order valence-electron chi connectivity index (χ4n) is 2.44. The van der Waals surface area contributed by atoms with Gasteiger partial charge >= 0.3 is 0 Å². The van der Waals surface area contributed by atoms with Crippen LogP contribution in [0.4, 0.5) is 0 Å². The summed E-state index contributed by atoms with van der Waals surface area (Å²) < 4.78 is 0. The van der Waals surface area contributed by atoms with Crippen LogP contribution in [0, 0.1) is 23.7 Å². The van der Waals surface area contributed by atoms with Crippen LogP contribution >= 0.6 is 0 Å². The van der Waals surface area contributed by atoms with E-state index in [2.05, 4.69) is 20.3 Å².